The lowest BCUT2D eigenvalue weighted by molar-refractivity contribution is -0.133. The van der Waals surface area contributed by atoms with Gasteiger partial charge in [0.15, 0.2) is 0 Å². The highest BCUT2D eigenvalue weighted by molar-refractivity contribution is 6.04. The van der Waals surface area contributed by atoms with Gasteiger partial charge in [-0.05, 0) is 60.1 Å². The minimum absolute atomic E-state index is 0.0810. The van der Waals surface area contributed by atoms with Crippen LogP contribution in [0.4, 0.5) is 9.59 Å². The number of nitrogens with zero attached hydrogens (tertiary/aromatic N) is 2. The summed E-state index contributed by atoms with van der Waals surface area (Å²) in [6, 6.07) is 35.6. The van der Waals surface area contributed by atoms with Gasteiger partial charge in [-0.15, -0.1) is 6.58 Å². The number of rotatable bonds is 15. The van der Waals surface area contributed by atoms with Crippen LogP contribution in [-0.2, 0) is 44.9 Å². The number of imide groups is 2. The Hall–Kier alpha value is -5.96. The zero-order valence-electron chi connectivity index (χ0n) is 29.0. The molecule has 2 saturated heterocycles. The summed E-state index contributed by atoms with van der Waals surface area (Å²) in [5.74, 6) is -0.896. The highest BCUT2D eigenvalue weighted by atomic mass is 16.6. The number of carbonyl (C=O) groups is 4. The molecule has 2 heterocycles. The Bertz CT molecular complexity index is 1880. The fourth-order valence-corrected chi connectivity index (χ4v) is 6.55. The zero-order chi connectivity index (χ0) is 36.3. The molecule has 0 radical (unpaired) electrons. The van der Waals surface area contributed by atoms with Crippen molar-refractivity contribution in [3.05, 3.63) is 162 Å². The molecule has 6 rings (SSSR count). The third kappa shape index (κ3) is 9.03. The van der Waals surface area contributed by atoms with Crippen molar-refractivity contribution in [3.8, 4) is 5.75 Å². The molecule has 2 aliphatic heterocycles. The van der Waals surface area contributed by atoms with Crippen LogP contribution in [0.3, 0.4) is 0 Å². The van der Waals surface area contributed by atoms with E-state index < -0.39 is 42.0 Å². The number of ether oxygens (including phenoxy) is 3. The SMILES string of the molecule is C=CC[C@@H](C/C=C(\Cc1ccc(OCc2ccccc2)cc1)C(=O)N1C(=O)OC[C@@H]1Cc1ccccc1)C(=O)N1C(=O)OC[C@@H]1Cc1ccccc1. The van der Waals surface area contributed by atoms with Crippen LogP contribution >= 0.6 is 0 Å². The van der Waals surface area contributed by atoms with Gasteiger partial charge in [-0.2, -0.15) is 0 Å². The number of carbonyl (C=O) groups excluding carboxylic acids is 4. The van der Waals surface area contributed by atoms with E-state index in [2.05, 4.69) is 6.58 Å². The molecular weight excluding hydrogens is 656 g/mol. The summed E-state index contributed by atoms with van der Waals surface area (Å²) in [6.07, 6.45) is 3.46. The summed E-state index contributed by atoms with van der Waals surface area (Å²) < 4.78 is 16.7. The second-order valence-electron chi connectivity index (χ2n) is 13.0. The van der Waals surface area contributed by atoms with Crippen molar-refractivity contribution in [1.29, 1.82) is 0 Å². The smallest absolute Gasteiger partial charge is 0.417 e. The van der Waals surface area contributed by atoms with Gasteiger partial charge in [-0.25, -0.2) is 19.4 Å². The number of hydrogen-bond acceptors (Lipinski definition) is 7. The number of amides is 4. The van der Waals surface area contributed by atoms with E-state index in [4.69, 9.17) is 14.2 Å². The topological polar surface area (TPSA) is 102 Å². The third-order valence-electron chi connectivity index (χ3n) is 9.30. The van der Waals surface area contributed by atoms with Crippen molar-refractivity contribution >= 4 is 24.0 Å². The summed E-state index contributed by atoms with van der Waals surface area (Å²) in [4.78, 5) is 56.7. The fraction of sp³-hybridized carbons (Fsp3) is 0.256. The van der Waals surface area contributed by atoms with E-state index in [0.717, 1.165) is 22.3 Å². The van der Waals surface area contributed by atoms with Crippen LogP contribution in [0.5, 0.6) is 5.75 Å². The maximum absolute atomic E-state index is 14.3. The molecule has 0 N–H and O–H groups in total. The fourth-order valence-electron chi connectivity index (χ4n) is 6.55. The lowest BCUT2D eigenvalue weighted by Crippen LogP contribution is -2.43. The van der Waals surface area contributed by atoms with Crippen LogP contribution in [0.25, 0.3) is 0 Å². The van der Waals surface area contributed by atoms with Gasteiger partial charge >= 0.3 is 12.2 Å². The first kappa shape index (κ1) is 35.9. The zero-order valence-corrected chi connectivity index (χ0v) is 29.0. The Balaban J connectivity index is 1.24. The van der Waals surface area contributed by atoms with E-state index in [9.17, 15) is 19.2 Å². The molecule has 4 aromatic rings. The second kappa shape index (κ2) is 17.3. The van der Waals surface area contributed by atoms with Gasteiger partial charge in [0, 0.05) is 17.9 Å². The van der Waals surface area contributed by atoms with Gasteiger partial charge in [0.25, 0.3) is 5.91 Å². The number of hydrogen-bond donors (Lipinski definition) is 0. The monoisotopic (exact) mass is 698 g/mol. The summed E-state index contributed by atoms with van der Waals surface area (Å²) in [6.45, 7) is 4.45. The van der Waals surface area contributed by atoms with E-state index in [1.807, 2.05) is 115 Å². The van der Waals surface area contributed by atoms with Crippen LogP contribution in [0.15, 0.2) is 140 Å². The number of benzene rings is 4. The highest BCUT2D eigenvalue weighted by Crippen LogP contribution is 2.27. The molecule has 266 valence electrons. The van der Waals surface area contributed by atoms with Gasteiger partial charge in [0.05, 0.1) is 12.1 Å². The molecule has 3 atom stereocenters. The maximum atomic E-state index is 14.3. The van der Waals surface area contributed by atoms with Crippen molar-refractivity contribution in [2.24, 2.45) is 5.92 Å². The molecule has 9 nitrogen and oxygen atoms in total. The van der Waals surface area contributed by atoms with Crippen LogP contribution in [0.1, 0.15) is 35.1 Å². The summed E-state index contributed by atoms with van der Waals surface area (Å²) >= 11 is 0. The Morgan fingerprint density at radius 2 is 1.21 bits per heavy atom. The molecule has 4 amide bonds. The molecule has 2 fully saturated rings. The van der Waals surface area contributed by atoms with Crippen LogP contribution < -0.4 is 4.74 Å². The molecule has 0 aliphatic carbocycles. The van der Waals surface area contributed by atoms with E-state index in [1.54, 1.807) is 12.2 Å². The van der Waals surface area contributed by atoms with Crippen molar-refractivity contribution in [2.75, 3.05) is 13.2 Å². The Morgan fingerprint density at radius 3 is 1.77 bits per heavy atom. The van der Waals surface area contributed by atoms with Gasteiger partial charge in [0.2, 0.25) is 5.91 Å². The van der Waals surface area contributed by atoms with Crippen molar-refractivity contribution in [3.63, 3.8) is 0 Å². The van der Waals surface area contributed by atoms with Crippen LogP contribution in [-0.4, -0.2) is 59.1 Å². The second-order valence-corrected chi connectivity index (χ2v) is 13.0. The van der Waals surface area contributed by atoms with Gasteiger partial charge in [-0.1, -0.05) is 115 Å². The summed E-state index contributed by atoms with van der Waals surface area (Å²) in [5.41, 5.74) is 4.15. The van der Waals surface area contributed by atoms with Gasteiger partial charge in [0.1, 0.15) is 25.6 Å². The molecule has 0 bridgehead atoms. The van der Waals surface area contributed by atoms with E-state index >= 15 is 0 Å². The number of allylic oxidation sites excluding steroid dienone is 2. The van der Waals surface area contributed by atoms with Gasteiger partial charge in [-0.3, -0.25) is 9.59 Å². The Kier molecular flexibility index (Phi) is 11.9. The predicted octanol–water partition coefficient (Wildman–Crippen LogP) is 7.50. The van der Waals surface area contributed by atoms with E-state index in [0.29, 0.717) is 30.8 Å². The minimum atomic E-state index is -0.705. The molecule has 2 aliphatic rings. The molecule has 52 heavy (non-hydrogen) atoms. The average Bonchev–Trinajstić information content (AvgIpc) is 3.73. The molecule has 4 aromatic carbocycles. The van der Waals surface area contributed by atoms with Crippen molar-refractivity contribution < 1.29 is 33.4 Å². The molecule has 0 saturated carbocycles. The maximum Gasteiger partial charge on any atom is 0.417 e. The lowest BCUT2D eigenvalue weighted by atomic mass is 9.94. The highest BCUT2D eigenvalue weighted by Gasteiger charge is 2.41. The lowest BCUT2D eigenvalue weighted by Gasteiger charge is -2.25. The van der Waals surface area contributed by atoms with Crippen molar-refractivity contribution in [1.82, 2.24) is 9.80 Å². The van der Waals surface area contributed by atoms with E-state index in [1.165, 1.54) is 9.80 Å². The Morgan fingerprint density at radius 1 is 0.692 bits per heavy atom. The first-order chi connectivity index (χ1) is 25.4. The summed E-state index contributed by atoms with van der Waals surface area (Å²) in [5, 5.41) is 0. The molecule has 0 spiro atoms. The average molecular weight is 699 g/mol. The molecule has 0 aromatic heterocycles. The number of cyclic esters (lactones) is 2. The molecular formula is C43H42N2O7. The third-order valence-corrected chi connectivity index (χ3v) is 9.30. The molecule has 0 unspecified atom stereocenters. The normalized spacial score (nSPS) is 17.7. The molecule has 9 heteroatoms. The quantitative estimate of drug-likeness (QED) is 0.0936. The minimum Gasteiger partial charge on any atom is -0.489 e. The Labute approximate surface area is 304 Å². The standard InChI is InChI=1S/C43H42N2O7/c1-2-12-35(40(46)44-37(29-51-42(44)48)26-31-13-6-3-7-14-31)21-22-36(25-33-19-23-39(24-20-33)50-28-34-17-10-5-11-18-34)41(47)45-38(30-52-43(45)49)27-32-15-8-4-9-16-32/h2-11,13-20,22-24,35,37-38H,1,12,21,25-30H2/b36-22+/t35-,37-,38-/m0/s1. The van der Waals surface area contributed by atoms with Crippen molar-refractivity contribution in [2.45, 2.75) is 50.8 Å². The van der Waals surface area contributed by atoms with Crippen LogP contribution in [0.2, 0.25) is 0 Å². The largest absolute Gasteiger partial charge is 0.489 e. The first-order valence-corrected chi connectivity index (χ1v) is 17.5. The van der Waals surface area contributed by atoms with Gasteiger partial charge < -0.3 is 14.2 Å². The van der Waals surface area contributed by atoms with E-state index in [-0.39, 0.29) is 32.5 Å². The summed E-state index contributed by atoms with van der Waals surface area (Å²) in [7, 11) is 0. The first-order valence-electron chi connectivity index (χ1n) is 17.5. The van der Waals surface area contributed by atoms with Crippen LogP contribution in [0, 0.1) is 5.92 Å². The predicted molar refractivity (Wildman–Crippen MR) is 196 cm³/mol.